The maximum absolute atomic E-state index is 6.08. The van der Waals surface area contributed by atoms with Gasteiger partial charge in [-0.25, -0.2) is 0 Å². The Morgan fingerprint density at radius 1 is 0.524 bits per heavy atom. The molecule has 0 aromatic heterocycles. The minimum Gasteiger partial charge on any atom is -0.491 e. The zero-order chi connectivity index (χ0) is 28.7. The zero-order valence-corrected chi connectivity index (χ0v) is 24.2. The summed E-state index contributed by atoms with van der Waals surface area (Å²) < 4.78 is 34.0. The number of ether oxygens (including phenoxy) is 6. The summed E-state index contributed by atoms with van der Waals surface area (Å²) in [5, 5.41) is 0. The lowest BCUT2D eigenvalue weighted by molar-refractivity contribution is -0.0132. The van der Waals surface area contributed by atoms with Crippen LogP contribution >= 0.6 is 0 Å². The first-order valence-electron chi connectivity index (χ1n) is 14.7. The molecule has 4 aromatic carbocycles. The normalized spacial score (nSPS) is 18.7. The summed E-state index contributed by atoms with van der Waals surface area (Å²) in [4.78, 5) is 0. The highest BCUT2D eigenvalue weighted by Gasteiger charge is 2.23. The molecule has 2 aliphatic heterocycles. The van der Waals surface area contributed by atoms with Crippen molar-refractivity contribution in [3.8, 4) is 33.8 Å². The lowest BCUT2D eigenvalue weighted by atomic mass is 10.0. The van der Waals surface area contributed by atoms with Gasteiger partial charge < -0.3 is 28.4 Å². The molecule has 2 heterocycles. The Morgan fingerprint density at radius 3 is 1.14 bits per heavy atom. The summed E-state index contributed by atoms with van der Waals surface area (Å²) in [6.45, 7) is 8.05. The van der Waals surface area contributed by atoms with Gasteiger partial charge in [-0.15, -0.1) is 0 Å². The van der Waals surface area contributed by atoms with Crippen molar-refractivity contribution < 1.29 is 28.4 Å². The molecular weight excluding hydrogens is 528 g/mol. The van der Waals surface area contributed by atoms with Gasteiger partial charge >= 0.3 is 0 Å². The third-order valence-electron chi connectivity index (χ3n) is 7.63. The lowest BCUT2D eigenvalue weighted by Crippen LogP contribution is -2.10. The highest BCUT2D eigenvalue weighted by atomic mass is 16.6. The fraction of sp³-hybridized carbons (Fsp3) is 0.333. The molecule has 6 rings (SSSR count). The molecule has 2 saturated heterocycles. The van der Waals surface area contributed by atoms with Gasteiger partial charge in [-0.3, -0.25) is 0 Å². The second-order valence-electron chi connectivity index (χ2n) is 10.9. The van der Waals surface area contributed by atoms with E-state index in [2.05, 4.69) is 86.6 Å². The van der Waals surface area contributed by atoms with Gasteiger partial charge in [0.25, 0.3) is 0 Å². The van der Waals surface area contributed by atoms with E-state index in [1.807, 2.05) is 24.3 Å². The van der Waals surface area contributed by atoms with Crippen molar-refractivity contribution in [3.63, 3.8) is 0 Å². The van der Waals surface area contributed by atoms with Crippen molar-refractivity contribution in [3.05, 3.63) is 108 Å². The molecule has 0 bridgehead atoms. The van der Waals surface area contributed by atoms with Crippen molar-refractivity contribution in [1.29, 1.82) is 0 Å². The molecule has 218 valence electrons. The number of rotatable bonds is 15. The highest BCUT2D eigenvalue weighted by molar-refractivity contribution is 5.65. The Morgan fingerprint density at radius 2 is 0.833 bits per heavy atom. The molecule has 2 aliphatic rings. The molecule has 0 aliphatic carbocycles. The Hall–Kier alpha value is -3.68. The van der Waals surface area contributed by atoms with E-state index in [1.165, 1.54) is 0 Å². The predicted octanol–water partition coefficient (Wildman–Crippen LogP) is 7.43. The van der Waals surface area contributed by atoms with Crippen molar-refractivity contribution in [2.24, 2.45) is 0 Å². The monoisotopic (exact) mass is 566 g/mol. The average molecular weight is 567 g/mol. The van der Waals surface area contributed by atoms with Crippen LogP contribution in [0.2, 0.25) is 0 Å². The van der Waals surface area contributed by atoms with Crippen LogP contribution in [-0.2, 0) is 18.9 Å². The summed E-state index contributed by atoms with van der Waals surface area (Å²) in [7, 11) is 0. The Kier molecular flexibility index (Phi) is 9.16. The molecule has 42 heavy (non-hydrogen) atoms. The largest absolute Gasteiger partial charge is 0.491 e. The molecule has 4 aromatic rings. The van der Waals surface area contributed by atoms with Crippen molar-refractivity contribution in [1.82, 2.24) is 0 Å². The van der Waals surface area contributed by atoms with Crippen LogP contribution in [0, 0.1) is 0 Å². The van der Waals surface area contributed by atoms with E-state index < -0.39 is 0 Å². The highest BCUT2D eigenvalue weighted by Crippen LogP contribution is 2.28. The van der Waals surface area contributed by atoms with Crippen LogP contribution in [0.1, 0.15) is 37.2 Å². The number of epoxide rings is 2. The van der Waals surface area contributed by atoms with Crippen LogP contribution in [0.15, 0.2) is 97.1 Å². The van der Waals surface area contributed by atoms with E-state index in [0.29, 0.717) is 26.4 Å². The summed E-state index contributed by atoms with van der Waals surface area (Å²) >= 11 is 0. The fourth-order valence-electron chi connectivity index (χ4n) is 4.73. The number of benzene rings is 4. The van der Waals surface area contributed by atoms with Crippen LogP contribution in [0.4, 0.5) is 0 Å². The quantitative estimate of drug-likeness (QED) is 0.110. The predicted molar refractivity (Wildman–Crippen MR) is 163 cm³/mol. The summed E-state index contributed by atoms with van der Waals surface area (Å²) in [6.07, 6.45) is 0.489. The molecule has 4 unspecified atom stereocenters. The summed E-state index contributed by atoms with van der Waals surface area (Å²) in [6, 6.07) is 33.4. The molecule has 2 fully saturated rings. The lowest BCUT2D eigenvalue weighted by Gasteiger charge is -2.17. The summed E-state index contributed by atoms with van der Waals surface area (Å²) in [5.74, 6) is 1.74. The third-order valence-corrected chi connectivity index (χ3v) is 7.63. The minimum absolute atomic E-state index is 0.0171. The molecule has 4 atom stereocenters. The van der Waals surface area contributed by atoms with Crippen molar-refractivity contribution in [2.75, 3.05) is 39.6 Å². The van der Waals surface area contributed by atoms with Crippen molar-refractivity contribution in [2.45, 2.75) is 38.3 Å². The Labute approximate surface area is 248 Å². The van der Waals surface area contributed by atoms with E-state index in [1.54, 1.807) is 0 Å². The molecule has 0 N–H and O–H groups in total. The van der Waals surface area contributed by atoms with Gasteiger partial charge in [0.2, 0.25) is 0 Å². The number of hydrogen-bond acceptors (Lipinski definition) is 6. The SMILES string of the molecule is CC(OCCOC(C)c1ccc(-c2ccc(OCC3CO3)cc2)cc1)c1ccc(-c2ccc(OCC3CO3)cc2)cc1. The second kappa shape index (κ2) is 13.5. The Balaban J connectivity index is 0.918. The first-order valence-corrected chi connectivity index (χ1v) is 14.7. The van der Waals surface area contributed by atoms with E-state index >= 15 is 0 Å². The van der Waals surface area contributed by atoms with Crippen LogP contribution in [-0.4, -0.2) is 51.8 Å². The third kappa shape index (κ3) is 7.99. The van der Waals surface area contributed by atoms with Gasteiger partial charge in [0.1, 0.15) is 36.9 Å². The standard InChI is InChI=1S/C36H38O6/c1-25(27-3-7-29(8-4-27)31-11-15-33(16-12-31)39-21-35-23-41-35)37-19-20-38-26(2)28-5-9-30(10-6-28)32-13-17-34(18-14-32)40-22-36-24-42-36/h3-18,25-26,35-36H,19-24H2,1-2H3. The van der Waals surface area contributed by atoms with Gasteiger partial charge in [-0.2, -0.15) is 0 Å². The molecule has 6 heteroatoms. The van der Waals surface area contributed by atoms with Crippen LogP contribution in [0.3, 0.4) is 0 Å². The topological polar surface area (TPSA) is 62.0 Å². The number of hydrogen-bond donors (Lipinski definition) is 0. The maximum Gasteiger partial charge on any atom is 0.119 e. The minimum atomic E-state index is -0.0171. The second-order valence-corrected chi connectivity index (χ2v) is 10.9. The molecule has 6 nitrogen and oxygen atoms in total. The summed E-state index contributed by atoms with van der Waals surface area (Å²) in [5.41, 5.74) is 6.92. The van der Waals surface area contributed by atoms with Crippen molar-refractivity contribution >= 4 is 0 Å². The van der Waals surface area contributed by atoms with Gasteiger partial charge in [0.15, 0.2) is 0 Å². The maximum atomic E-state index is 6.08. The molecule has 0 spiro atoms. The van der Waals surface area contributed by atoms with E-state index in [4.69, 9.17) is 28.4 Å². The average Bonchev–Trinajstić information content (AvgIpc) is 3.98. The molecule has 0 radical (unpaired) electrons. The fourth-order valence-corrected chi connectivity index (χ4v) is 4.73. The zero-order valence-electron chi connectivity index (χ0n) is 24.2. The van der Waals surface area contributed by atoms with Gasteiger partial charge in [-0.05, 0) is 71.5 Å². The Bertz CT molecular complexity index is 1280. The van der Waals surface area contributed by atoms with Crippen LogP contribution in [0.25, 0.3) is 22.3 Å². The van der Waals surface area contributed by atoms with Gasteiger partial charge in [-0.1, -0.05) is 72.8 Å². The van der Waals surface area contributed by atoms with Gasteiger partial charge in [0, 0.05) is 0 Å². The first kappa shape index (κ1) is 28.4. The van der Waals surface area contributed by atoms with E-state index in [-0.39, 0.29) is 24.4 Å². The molecular formula is C36H38O6. The van der Waals surface area contributed by atoms with E-state index in [9.17, 15) is 0 Å². The van der Waals surface area contributed by atoms with E-state index in [0.717, 1.165) is 58.1 Å². The van der Waals surface area contributed by atoms with Gasteiger partial charge in [0.05, 0.1) is 38.6 Å². The smallest absolute Gasteiger partial charge is 0.119 e. The van der Waals surface area contributed by atoms with Crippen LogP contribution in [0.5, 0.6) is 11.5 Å². The first-order chi connectivity index (χ1) is 20.6. The van der Waals surface area contributed by atoms with Crippen LogP contribution < -0.4 is 9.47 Å². The molecule has 0 amide bonds. The molecule has 0 saturated carbocycles.